The molecule has 1 aromatic carbocycles. The van der Waals surface area contributed by atoms with Crippen molar-refractivity contribution >= 4 is 23.6 Å². The maximum absolute atomic E-state index is 5.71. The van der Waals surface area contributed by atoms with E-state index < -0.39 is 0 Å². The molecule has 0 bridgehead atoms. The number of hydrogen-bond donors (Lipinski definition) is 1. The Morgan fingerprint density at radius 2 is 2.22 bits per heavy atom. The summed E-state index contributed by atoms with van der Waals surface area (Å²) >= 11 is 7.00. The predicted molar refractivity (Wildman–Crippen MR) is 106 cm³/mol. The van der Waals surface area contributed by atoms with Crippen molar-refractivity contribution in [1.29, 1.82) is 0 Å². The lowest BCUT2D eigenvalue weighted by Gasteiger charge is -2.23. The summed E-state index contributed by atoms with van der Waals surface area (Å²) in [5.41, 5.74) is 1.19. The van der Waals surface area contributed by atoms with Crippen molar-refractivity contribution < 1.29 is 18.8 Å². The van der Waals surface area contributed by atoms with Crippen LogP contribution in [-0.2, 0) is 6.67 Å². The molecule has 142 valence electrons. The molecular weight excluding hydrogens is 382 g/mol. The summed E-state index contributed by atoms with van der Waals surface area (Å²) in [4.78, 5) is 2.81. The van der Waals surface area contributed by atoms with Crippen molar-refractivity contribution in [2.75, 3.05) is 20.8 Å². The van der Waals surface area contributed by atoms with Gasteiger partial charge in [-0.25, -0.2) is 0 Å². The number of ether oxygens (including phenoxy) is 2. The molecule has 1 aliphatic rings. The van der Waals surface area contributed by atoms with Gasteiger partial charge in [0.2, 0.25) is 0 Å². The van der Waals surface area contributed by atoms with Gasteiger partial charge in [-0.05, 0) is 35.8 Å². The highest BCUT2D eigenvalue weighted by Gasteiger charge is 2.33. The summed E-state index contributed by atoms with van der Waals surface area (Å²) in [7, 11) is 3.37. The SMILES string of the molecule is COc1ccc([C@@H]2CCC[NH+]2Cn2nc(-c3cccs3)oc2=S)c(OC)c1. The molecule has 0 amide bonds. The zero-order valence-electron chi connectivity index (χ0n) is 15.3. The summed E-state index contributed by atoms with van der Waals surface area (Å²) in [6.45, 7) is 1.73. The smallest absolute Gasteiger partial charge is 0.292 e. The zero-order chi connectivity index (χ0) is 18.8. The third-order valence-corrected chi connectivity index (χ3v) is 6.14. The van der Waals surface area contributed by atoms with Gasteiger partial charge < -0.3 is 18.8 Å². The Bertz CT molecular complexity index is 965. The fraction of sp³-hybridized carbons (Fsp3) is 0.368. The lowest BCUT2D eigenvalue weighted by atomic mass is 10.0. The van der Waals surface area contributed by atoms with E-state index in [2.05, 4.69) is 11.2 Å². The second-order valence-electron chi connectivity index (χ2n) is 6.52. The molecule has 1 saturated heterocycles. The van der Waals surface area contributed by atoms with Crippen molar-refractivity contribution in [3.8, 4) is 22.3 Å². The largest absolute Gasteiger partial charge is 0.497 e. The number of hydrogen-bond acceptors (Lipinski definition) is 6. The van der Waals surface area contributed by atoms with E-state index in [9.17, 15) is 0 Å². The molecule has 4 rings (SSSR count). The van der Waals surface area contributed by atoms with Crippen LogP contribution in [0.2, 0.25) is 0 Å². The van der Waals surface area contributed by atoms with Crippen LogP contribution >= 0.6 is 23.6 Å². The van der Waals surface area contributed by atoms with Crippen molar-refractivity contribution in [2.24, 2.45) is 0 Å². The van der Waals surface area contributed by atoms with Gasteiger partial charge in [0, 0.05) is 18.9 Å². The number of aromatic nitrogens is 2. The van der Waals surface area contributed by atoms with Crippen LogP contribution in [0.15, 0.2) is 40.1 Å². The minimum Gasteiger partial charge on any atom is -0.497 e. The van der Waals surface area contributed by atoms with E-state index in [4.69, 9.17) is 26.1 Å². The third-order valence-electron chi connectivity index (χ3n) is 4.99. The Labute approximate surface area is 166 Å². The first kappa shape index (κ1) is 18.2. The van der Waals surface area contributed by atoms with Gasteiger partial charge in [-0.1, -0.05) is 6.07 Å². The van der Waals surface area contributed by atoms with Gasteiger partial charge in [-0.2, -0.15) is 4.68 Å². The molecule has 3 heterocycles. The van der Waals surface area contributed by atoms with Gasteiger partial charge in [-0.15, -0.1) is 16.4 Å². The number of nitrogens with zero attached hydrogens (tertiary/aromatic N) is 2. The highest BCUT2D eigenvalue weighted by Crippen LogP contribution is 2.31. The number of likely N-dealkylation sites (tertiary alicyclic amines) is 1. The van der Waals surface area contributed by atoms with Crippen LogP contribution in [0.1, 0.15) is 24.4 Å². The van der Waals surface area contributed by atoms with Crippen LogP contribution in [0.5, 0.6) is 11.5 Å². The van der Waals surface area contributed by atoms with E-state index in [1.165, 1.54) is 10.5 Å². The Morgan fingerprint density at radius 3 is 2.96 bits per heavy atom. The van der Waals surface area contributed by atoms with E-state index >= 15 is 0 Å². The highest BCUT2D eigenvalue weighted by molar-refractivity contribution is 7.71. The lowest BCUT2D eigenvalue weighted by molar-refractivity contribution is -0.941. The fourth-order valence-electron chi connectivity index (χ4n) is 3.68. The molecule has 0 saturated carbocycles. The summed E-state index contributed by atoms with van der Waals surface area (Å²) < 4.78 is 18.5. The third kappa shape index (κ3) is 3.65. The molecule has 6 nitrogen and oxygen atoms in total. The molecule has 1 unspecified atom stereocenters. The number of rotatable bonds is 6. The Morgan fingerprint density at radius 1 is 1.33 bits per heavy atom. The number of nitrogens with one attached hydrogen (secondary N) is 1. The molecule has 1 fully saturated rings. The van der Waals surface area contributed by atoms with Crippen molar-refractivity contribution in [3.63, 3.8) is 0 Å². The van der Waals surface area contributed by atoms with Gasteiger partial charge in [0.1, 0.15) is 17.5 Å². The first-order valence-corrected chi connectivity index (χ1v) is 10.2. The van der Waals surface area contributed by atoms with Crippen LogP contribution in [0.4, 0.5) is 0 Å². The van der Waals surface area contributed by atoms with Crippen molar-refractivity contribution in [3.05, 3.63) is 46.1 Å². The molecule has 0 radical (unpaired) electrons. The minimum absolute atomic E-state index is 0.328. The van der Waals surface area contributed by atoms with Crippen LogP contribution in [0.25, 0.3) is 10.8 Å². The molecule has 27 heavy (non-hydrogen) atoms. The van der Waals surface area contributed by atoms with Gasteiger partial charge in [0.15, 0.2) is 6.67 Å². The Hall–Kier alpha value is -2.16. The van der Waals surface area contributed by atoms with Gasteiger partial charge >= 0.3 is 0 Å². The quantitative estimate of drug-likeness (QED) is 0.639. The highest BCUT2D eigenvalue weighted by atomic mass is 32.1. The molecule has 2 atom stereocenters. The topological polar surface area (TPSA) is 53.9 Å². The molecule has 2 aromatic heterocycles. The minimum atomic E-state index is 0.328. The van der Waals surface area contributed by atoms with Crippen LogP contribution in [-0.4, -0.2) is 30.5 Å². The first-order chi connectivity index (χ1) is 13.2. The monoisotopic (exact) mass is 404 g/mol. The predicted octanol–water partition coefficient (Wildman–Crippen LogP) is 3.33. The van der Waals surface area contributed by atoms with Crippen molar-refractivity contribution in [2.45, 2.75) is 25.6 Å². The van der Waals surface area contributed by atoms with E-state index in [-0.39, 0.29) is 0 Å². The molecule has 1 N–H and O–H groups in total. The normalized spacial score (nSPS) is 19.3. The Kier molecular flexibility index (Phi) is 5.29. The number of quaternary nitrogens is 1. The van der Waals surface area contributed by atoms with Gasteiger partial charge in [0.25, 0.3) is 10.7 Å². The Balaban J connectivity index is 1.59. The maximum Gasteiger partial charge on any atom is 0.292 e. The van der Waals surface area contributed by atoms with Crippen LogP contribution in [0, 0.1) is 4.84 Å². The molecule has 0 aliphatic carbocycles. The summed E-state index contributed by atoms with van der Waals surface area (Å²) in [5.74, 6) is 2.25. The summed E-state index contributed by atoms with van der Waals surface area (Å²) in [6, 6.07) is 10.3. The standard InChI is InChI=1S/C19H21N3O3S2/c1-23-13-7-8-14(16(11-13)24-2)15-5-3-9-21(15)12-22-19(26)25-18(20-22)17-6-4-10-27-17/h4,6-8,10-11,15H,3,5,9,12H2,1-2H3/p+1/t15-/m0/s1. The second kappa shape index (κ2) is 7.84. The van der Waals surface area contributed by atoms with Gasteiger partial charge in [-0.3, -0.25) is 0 Å². The van der Waals surface area contributed by atoms with Crippen LogP contribution in [0.3, 0.4) is 0 Å². The van der Waals surface area contributed by atoms with E-state index in [1.807, 2.05) is 29.6 Å². The number of benzene rings is 1. The van der Waals surface area contributed by atoms with E-state index in [0.717, 1.165) is 35.8 Å². The van der Waals surface area contributed by atoms with E-state index in [0.29, 0.717) is 23.4 Å². The number of thiophene rings is 1. The lowest BCUT2D eigenvalue weighted by Crippen LogP contribution is -3.09. The molecule has 0 spiro atoms. The van der Waals surface area contributed by atoms with Gasteiger partial charge in [0.05, 0.1) is 31.2 Å². The summed E-state index contributed by atoms with van der Waals surface area (Å²) in [6.07, 6.45) is 2.25. The molecule has 8 heteroatoms. The second-order valence-corrected chi connectivity index (χ2v) is 7.82. The first-order valence-electron chi connectivity index (χ1n) is 8.88. The number of methoxy groups -OCH3 is 2. The maximum atomic E-state index is 5.71. The van der Waals surface area contributed by atoms with Crippen LogP contribution < -0.4 is 14.4 Å². The van der Waals surface area contributed by atoms with Crippen molar-refractivity contribution in [1.82, 2.24) is 9.78 Å². The molecule has 1 aliphatic heterocycles. The average molecular weight is 405 g/mol. The zero-order valence-corrected chi connectivity index (χ0v) is 16.9. The molecular formula is C19H22N3O3S2+. The van der Waals surface area contributed by atoms with E-state index in [1.54, 1.807) is 30.2 Å². The average Bonchev–Trinajstić information content (AvgIpc) is 3.43. The summed E-state index contributed by atoms with van der Waals surface area (Å²) in [5, 5.41) is 6.60. The molecule has 3 aromatic rings. The fourth-order valence-corrected chi connectivity index (χ4v) is 4.51.